The molecule has 16 heavy (non-hydrogen) atoms. The second kappa shape index (κ2) is 4.56. The lowest BCUT2D eigenvalue weighted by atomic mass is 9.77. The van der Waals surface area contributed by atoms with Crippen molar-refractivity contribution in [1.29, 1.82) is 0 Å². The van der Waals surface area contributed by atoms with E-state index in [9.17, 15) is 5.11 Å². The molecule has 1 aliphatic rings. The van der Waals surface area contributed by atoms with Crippen molar-refractivity contribution >= 4 is 0 Å². The van der Waals surface area contributed by atoms with E-state index in [1.165, 1.54) is 23.1 Å². The Hall–Kier alpha value is -0.860. The molecule has 2 rings (SSSR count). The van der Waals surface area contributed by atoms with Crippen LogP contribution in [0.3, 0.4) is 0 Å². The van der Waals surface area contributed by atoms with Crippen molar-refractivity contribution in [2.24, 2.45) is 0 Å². The molecule has 1 saturated carbocycles. The van der Waals surface area contributed by atoms with Gasteiger partial charge in [0.05, 0.1) is 6.61 Å². The largest absolute Gasteiger partial charge is 0.394 e. The van der Waals surface area contributed by atoms with E-state index in [1.54, 1.807) is 0 Å². The van der Waals surface area contributed by atoms with Gasteiger partial charge in [-0.05, 0) is 38.7 Å². The van der Waals surface area contributed by atoms with Crippen LogP contribution in [0.4, 0.5) is 0 Å². The van der Waals surface area contributed by atoms with E-state index < -0.39 is 0 Å². The molecule has 0 saturated heterocycles. The van der Waals surface area contributed by atoms with Gasteiger partial charge in [0.2, 0.25) is 0 Å². The first-order valence-electron chi connectivity index (χ1n) is 6.07. The van der Waals surface area contributed by atoms with Gasteiger partial charge in [-0.2, -0.15) is 0 Å². The minimum absolute atomic E-state index is 0.0116. The van der Waals surface area contributed by atoms with Crippen LogP contribution >= 0.6 is 0 Å². The second-order valence-corrected chi connectivity index (χ2v) is 5.14. The SMILES string of the molecule is Cc1cc(C)cc(CNC2(CO)CCC2)c1. The van der Waals surface area contributed by atoms with Crippen molar-refractivity contribution in [1.82, 2.24) is 5.32 Å². The van der Waals surface area contributed by atoms with Crippen LogP contribution in [0.25, 0.3) is 0 Å². The number of hydrogen-bond donors (Lipinski definition) is 2. The van der Waals surface area contributed by atoms with Gasteiger partial charge in [0, 0.05) is 12.1 Å². The van der Waals surface area contributed by atoms with Gasteiger partial charge in [0.1, 0.15) is 0 Å². The Bertz CT molecular complexity index is 343. The molecule has 2 heteroatoms. The van der Waals surface area contributed by atoms with Crippen molar-refractivity contribution in [3.05, 3.63) is 34.9 Å². The Balaban J connectivity index is 1.98. The Labute approximate surface area is 97.7 Å². The van der Waals surface area contributed by atoms with E-state index in [1.807, 2.05) is 0 Å². The van der Waals surface area contributed by atoms with Gasteiger partial charge in [-0.1, -0.05) is 29.3 Å². The number of hydrogen-bond acceptors (Lipinski definition) is 2. The summed E-state index contributed by atoms with van der Waals surface area (Å²) in [5.41, 5.74) is 3.95. The predicted molar refractivity (Wildman–Crippen MR) is 66.4 cm³/mol. The van der Waals surface area contributed by atoms with E-state index in [0.717, 1.165) is 19.4 Å². The van der Waals surface area contributed by atoms with E-state index in [0.29, 0.717) is 0 Å². The zero-order chi connectivity index (χ0) is 11.6. The summed E-state index contributed by atoms with van der Waals surface area (Å²) in [6, 6.07) is 6.61. The molecular formula is C14H21NO. The Morgan fingerprint density at radius 1 is 1.19 bits per heavy atom. The van der Waals surface area contributed by atoms with Crippen LogP contribution in [-0.2, 0) is 6.54 Å². The molecule has 0 heterocycles. The number of rotatable bonds is 4. The molecular weight excluding hydrogens is 198 g/mol. The Morgan fingerprint density at radius 3 is 2.25 bits per heavy atom. The van der Waals surface area contributed by atoms with Crippen LogP contribution < -0.4 is 5.32 Å². The van der Waals surface area contributed by atoms with Crippen LogP contribution in [0.1, 0.15) is 36.0 Å². The molecule has 1 fully saturated rings. The second-order valence-electron chi connectivity index (χ2n) is 5.14. The lowest BCUT2D eigenvalue weighted by molar-refractivity contribution is 0.0872. The van der Waals surface area contributed by atoms with Crippen LogP contribution in [-0.4, -0.2) is 17.3 Å². The van der Waals surface area contributed by atoms with Crippen molar-refractivity contribution in [2.45, 2.75) is 45.2 Å². The van der Waals surface area contributed by atoms with Crippen LogP contribution in [0.2, 0.25) is 0 Å². The van der Waals surface area contributed by atoms with E-state index in [-0.39, 0.29) is 12.1 Å². The standard InChI is InChI=1S/C14H21NO/c1-11-6-12(2)8-13(7-11)9-15-14(10-16)4-3-5-14/h6-8,15-16H,3-5,9-10H2,1-2H3. The van der Waals surface area contributed by atoms with Crippen molar-refractivity contribution in [2.75, 3.05) is 6.61 Å². The summed E-state index contributed by atoms with van der Waals surface area (Å²) in [6.07, 6.45) is 3.45. The zero-order valence-corrected chi connectivity index (χ0v) is 10.2. The van der Waals surface area contributed by atoms with Crippen molar-refractivity contribution < 1.29 is 5.11 Å². The van der Waals surface area contributed by atoms with Crippen LogP contribution in [0.5, 0.6) is 0 Å². The van der Waals surface area contributed by atoms with E-state index in [2.05, 4.69) is 37.4 Å². The third-order valence-corrected chi connectivity index (χ3v) is 3.56. The van der Waals surface area contributed by atoms with Crippen molar-refractivity contribution in [3.8, 4) is 0 Å². The predicted octanol–water partition coefficient (Wildman–Crippen LogP) is 2.31. The van der Waals surface area contributed by atoms with Gasteiger partial charge in [-0.3, -0.25) is 0 Å². The fourth-order valence-electron chi connectivity index (χ4n) is 2.45. The highest BCUT2D eigenvalue weighted by Gasteiger charge is 2.35. The minimum atomic E-state index is 0.0116. The molecule has 2 N–H and O–H groups in total. The smallest absolute Gasteiger partial charge is 0.0613 e. The maximum atomic E-state index is 9.36. The molecule has 0 amide bonds. The summed E-state index contributed by atoms with van der Waals surface area (Å²) in [5.74, 6) is 0. The highest BCUT2D eigenvalue weighted by Crippen LogP contribution is 2.31. The highest BCUT2D eigenvalue weighted by atomic mass is 16.3. The molecule has 1 aromatic rings. The van der Waals surface area contributed by atoms with Crippen LogP contribution in [0.15, 0.2) is 18.2 Å². The molecule has 1 aliphatic carbocycles. The molecule has 0 aliphatic heterocycles. The fourth-order valence-corrected chi connectivity index (χ4v) is 2.45. The summed E-state index contributed by atoms with van der Waals surface area (Å²) in [6.45, 7) is 5.38. The highest BCUT2D eigenvalue weighted by molar-refractivity contribution is 5.28. The quantitative estimate of drug-likeness (QED) is 0.814. The topological polar surface area (TPSA) is 32.3 Å². The average molecular weight is 219 g/mol. The summed E-state index contributed by atoms with van der Waals surface area (Å²) in [7, 11) is 0. The van der Waals surface area contributed by atoms with Gasteiger partial charge >= 0.3 is 0 Å². The van der Waals surface area contributed by atoms with Gasteiger partial charge in [-0.15, -0.1) is 0 Å². The third kappa shape index (κ3) is 2.45. The molecule has 1 aromatic carbocycles. The van der Waals surface area contributed by atoms with Gasteiger partial charge < -0.3 is 10.4 Å². The summed E-state index contributed by atoms with van der Waals surface area (Å²) < 4.78 is 0. The molecule has 0 unspecified atom stereocenters. The lowest BCUT2D eigenvalue weighted by Gasteiger charge is -2.41. The van der Waals surface area contributed by atoms with Crippen molar-refractivity contribution in [3.63, 3.8) is 0 Å². The average Bonchev–Trinajstić information content (AvgIpc) is 2.15. The van der Waals surface area contributed by atoms with Gasteiger partial charge in [0.25, 0.3) is 0 Å². The number of benzene rings is 1. The fraction of sp³-hybridized carbons (Fsp3) is 0.571. The summed E-state index contributed by atoms with van der Waals surface area (Å²) >= 11 is 0. The maximum absolute atomic E-state index is 9.36. The molecule has 0 atom stereocenters. The lowest BCUT2D eigenvalue weighted by Crippen LogP contribution is -2.53. The van der Waals surface area contributed by atoms with E-state index in [4.69, 9.17) is 0 Å². The number of aliphatic hydroxyl groups excluding tert-OH is 1. The number of aliphatic hydroxyl groups is 1. The number of aryl methyl sites for hydroxylation is 2. The maximum Gasteiger partial charge on any atom is 0.0613 e. The third-order valence-electron chi connectivity index (χ3n) is 3.56. The molecule has 2 nitrogen and oxygen atoms in total. The van der Waals surface area contributed by atoms with Gasteiger partial charge in [0.15, 0.2) is 0 Å². The first-order chi connectivity index (χ1) is 7.63. The Kier molecular flexibility index (Phi) is 3.31. The first-order valence-corrected chi connectivity index (χ1v) is 6.07. The molecule has 88 valence electrons. The monoisotopic (exact) mass is 219 g/mol. The number of nitrogens with one attached hydrogen (secondary N) is 1. The first kappa shape index (κ1) is 11.6. The summed E-state index contributed by atoms with van der Waals surface area (Å²) in [5, 5.41) is 12.9. The minimum Gasteiger partial charge on any atom is -0.394 e. The zero-order valence-electron chi connectivity index (χ0n) is 10.2. The molecule has 0 spiro atoms. The summed E-state index contributed by atoms with van der Waals surface area (Å²) in [4.78, 5) is 0. The molecule has 0 radical (unpaired) electrons. The van der Waals surface area contributed by atoms with Crippen LogP contribution in [0, 0.1) is 13.8 Å². The van der Waals surface area contributed by atoms with Gasteiger partial charge in [-0.25, -0.2) is 0 Å². The Morgan fingerprint density at radius 2 is 1.81 bits per heavy atom. The molecule has 0 bridgehead atoms. The van der Waals surface area contributed by atoms with E-state index >= 15 is 0 Å². The molecule has 0 aromatic heterocycles. The normalized spacial score (nSPS) is 18.2.